The van der Waals surface area contributed by atoms with Crippen molar-refractivity contribution in [3.63, 3.8) is 0 Å². The predicted molar refractivity (Wildman–Crippen MR) is 152 cm³/mol. The van der Waals surface area contributed by atoms with Crippen LogP contribution in [-0.4, -0.2) is 38.3 Å². The number of ether oxygens (including phenoxy) is 2. The lowest BCUT2D eigenvalue weighted by Crippen LogP contribution is -2.40. The van der Waals surface area contributed by atoms with Gasteiger partial charge in [0.15, 0.2) is 4.80 Å². The van der Waals surface area contributed by atoms with E-state index < -0.39 is 12.0 Å². The van der Waals surface area contributed by atoms with Gasteiger partial charge in [-0.05, 0) is 54.5 Å². The van der Waals surface area contributed by atoms with Crippen LogP contribution >= 0.6 is 11.3 Å². The molecule has 3 aromatic carbocycles. The number of hydrogen-bond donors (Lipinski definition) is 0. The number of methoxy groups -OCH3 is 1. The Balaban J connectivity index is 1.76. The molecule has 1 aliphatic rings. The molecule has 1 aliphatic heterocycles. The minimum absolute atomic E-state index is 0.222. The number of fused-ring (bicyclic) bond motifs is 2. The fourth-order valence-corrected chi connectivity index (χ4v) is 5.82. The summed E-state index contributed by atoms with van der Waals surface area (Å²) < 4.78 is 13.2. The molecule has 1 aromatic heterocycles. The van der Waals surface area contributed by atoms with Gasteiger partial charge in [0.2, 0.25) is 0 Å². The lowest BCUT2D eigenvalue weighted by Gasteiger charge is -2.25. The molecule has 2 heterocycles. The third-order valence-electron chi connectivity index (χ3n) is 6.67. The smallest absolute Gasteiger partial charge is 0.338 e. The summed E-state index contributed by atoms with van der Waals surface area (Å²) in [5.74, 6) is 0.203. The van der Waals surface area contributed by atoms with Crippen molar-refractivity contribution in [3.05, 3.63) is 103 Å². The molecule has 0 amide bonds. The van der Waals surface area contributed by atoms with Crippen LogP contribution in [0.2, 0.25) is 0 Å². The number of esters is 1. The van der Waals surface area contributed by atoms with Gasteiger partial charge in [0.1, 0.15) is 5.75 Å². The Morgan fingerprint density at radius 2 is 1.84 bits per heavy atom. The Labute approximate surface area is 224 Å². The first-order valence-corrected chi connectivity index (χ1v) is 13.2. The van der Waals surface area contributed by atoms with Crippen LogP contribution in [0.5, 0.6) is 5.75 Å². The molecule has 0 N–H and O–H groups in total. The number of anilines is 1. The zero-order chi connectivity index (χ0) is 27.0. The van der Waals surface area contributed by atoms with Crippen LogP contribution in [0.4, 0.5) is 5.69 Å². The molecule has 38 heavy (non-hydrogen) atoms. The van der Waals surface area contributed by atoms with Crippen molar-refractivity contribution in [2.45, 2.75) is 19.9 Å². The molecular weight excluding hydrogens is 498 g/mol. The van der Waals surface area contributed by atoms with Crippen LogP contribution in [0, 0.1) is 0 Å². The van der Waals surface area contributed by atoms with Crippen LogP contribution in [-0.2, 0) is 9.53 Å². The van der Waals surface area contributed by atoms with E-state index in [1.165, 1.54) is 11.3 Å². The fourth-order valence-electron chi connectivity index (χ4n) is 4.80. The molecule has 8 heteroatoms. The summed E-state index contributed by atoms with van der Waals surface area (Å²) in [6.07, 6.45) is 1.86. The quantitative estimate of drug-likeness (QED) is 0.354. The highest BCUT2D eigenvalue weighted by atomic mass is 32.1. The molecule has 7 nitrogen and oxygen atoms in total. The largest absolute Gasteiger partial charge is 0.496 e. The number of rotatable bonds is 6. The van der Waals surface area contributed by atoms with Crippen LogP contribution < -0.4 is 24.5 Å². The maximum atomic E-state index is 14.0. The van der Waals surface area contributed by atoms with Crippen molar-refractivity contribution in [1.82, 2.24) is 4.57 Å². The number of benzene rings is 3. The number of carbonyl (C=O) groups is 1. The van der Waals surface area contributed by atoms with Gasteiger partial charge in [-0.1, -0.05) is 53.8 Å². The van der Waals surface area contributed by atoms with E-state index in [1.54, 1.807) is 25.5 Å². The van der Waals surface area contributed by atoms with E-state index in [4.69, 9.17) is 9.47 Å². The molecule has 5 rings (SSSR count). The van der Waals surface area contributed by atoms with Crippen molar-refractivity contribution >= 4 is 39.8 Å². The number of nitrogens with zero attached hydrogens (tertiary/aromatic N) is 3. The molecule has 0 radical (unpaired) electrons. The molecule has 0 bridgehead atoms. The Kier molecular flexibility index (Phi) is 6.91. The minimum Gasteiger partial charge on any atom is -0.496 e. The van der Waals surface area contributed by atoms with Gasteiger partial charge < -0.3 is 14.4 Å². The normalized spacial score (nSPS) is 15.3. The van der Waals surface area contributed by atoms with E-state index in [1.807, 2.05) is 85.7 Å². The monoisotopic (exact) mass is 527 g/mol. The molecule has 0 fully saturated rings. The standard InChI is InChI=1S/C30H29N3O4S/c1-6-37-29(35)26-18(2)31-30-33(27(26)20-11-14-21(15-12-20)32(3)4)28(34)25(38-30)17-23-22-10-8-7-9-19(22)13-16-24(23)36-5/h7-17,27H,6H2,1-5H3/b25-17-/t27-/m0/s1. The first-order chi connectivity index (χ1) is 18.3. The minimum atomic E-state index is -0.655. The number of hydrogen-bond acceptors (Lipinski definition) is 7. The number of aromatic nitrogens is 1. The number of allylic oxidation sites excluding steroid dienone is 1. The van der Waals surface area contributed by atoms with E-state index in [9.17, 15) is 9.59 Å². The van der Waals surface area contributed by atoms with Crippen molar-refractivity contribution in [2.75, 3.05) is 32.7 Å². The van der Waals surface area contributed by atoms with Gasteiger partial charge in [-0.25, -0.2) is 9.79 Å². The van der Waals surface area contributed by atoms with E-state index in [0.717, 1.165) is 27.6 Å². The summed E-state index contributed by atoms with van der Waals surface area (Å²) >= 11 is 1.30. The van der Waals surface area contributed by atoms with Crippen LogP contribution in [0.15, 0.2) is 81.7 Å². The molecular formula is C30H29N3O4S. The van der Waals surface area contributed by atoms with Crippen LogP contribution in [0.1, 0.15) is 31.0 Å². The first-order valence-electron chi connectivity index (χ1n) is 12.4. The lowest BCUT2D eigenvalue weighted by molar-refractivity contribution is -0.139. The Morgan fingerprint density at radius 1 is 1.11 bits per heavy atom. The summed E-state index contributed by atoms with van der Waals surface area (Å²) in [7, 11) is 5.55. The lowest BCUT2D eigenvalue weighted by atomic mass is 9.95. The predicted octanol–water partition coefficient (Wildman–Crippen LogP) is 4.03. The second kappa shape index (κ2) is 10.3. The average molecular weight is 528 g/mol. The molecule has 1 atom stereocenters. The van der Waals surface area contributed by atoms with E-state index in [2.05, 4.69) is 4.99 Å². The average Bonchev–Trinajstić information content (AvgIpc) is 3.22. The van der Waals surface area contributed by atoms with Crippen molar-refractivity contribution in [2.24, 2.45) is 4.99 Å². The molecule has 4 aromatic rings. The van der Waals surface area contributed by atoms with Gasteiger partial charge in [-0.2, -0.15) is 0 Å². The maximum Gasteiger partial charge on any atom is 0.338 e. The Bertz CT molecular complexity index is 1750. The van der Waals surface area contributed by atoms with E-state index >= 15 is 0 Å². The number of thiazole rings is 1. The van der Waals surface area contributed by atoms with Gasteiger partial charge in [0.05, 0.1) is 35.6 Å². The summed E-state index contributed by atoms with van der Waals surface area (Å²) in [5.41, 5.74) is 3.33. The van der Waals surface area contributed by atoms with Gasteiger partial charge in [0, 0.05) is 25.3 Å². The first kappa shape index (κ1) is 25.5. The fraction of sp³-hybridized carbons (Fsp3) is 0.233. The molecule has 0 unspecified atom stereocenters. The van der Waals surface area contributed by atoms with Gasteiger partial charge in [-0.15, -0.1) is 0 Å². The summed E-state index contributed by atoms with van der Waals surface area (Å²) in [6, 6.07) is 19.1. The highest BCUT2D eigenvalue weighted by Crippen LogP contribution is 2.32. The Hall–Kier alpha value is -4.17. The van der Waals surface area contributed by atoms with Crippen molar-refractivity contribution < 1.29 is 14.3 Å². The van der Waals surface area contributed by atoms with E-state index in [0.29, 0.717) is 26.4 Å². The topological polar surface area (TPSA) is 73.1 Å². The van der Waals surface area contributed by atoms with Crippen molar-refractivity contribution in [3.8, 4) is 5.75 Å². The van der Waals surface area contributed by atoms with Crippen molar-refractivity contribution in [1.29, 1.82) is 0 Å². The summed E-state index contributed by atoms with van der Waals surface area (Å²) in [4.78, 5) is 34.4. The zero-order valence-electron chi connectivity index (χ0n) is 22.0. The highest BCUT2D eigenvalue weighted by molar-refractivity contribution is 7.07. The van der Waals surface area contributed by atoms with Gasteiger partial charge in [-0.3, -0.25) is 9.36 Å². The zero-order valence-corrected chi connectivity index (χ0v) is 22.8. The molecule has 194 valence electrons. The van der Waals surface area contributed by atoms with Crippen LogP contribution in [0.3, 0.4) is 0 Å². The third kappa shape index (κ3) is 4.41. The summed E-state index contributed by atoms with van der Waals surface area (Å²) in [5, 5.41) is 2.03. The van der Waals surface area contributed by atoms with Gasteiger partial charge >= 0.3 is 5.97 Å². The summed E-state index contributed by atoms with van der Waals surface area (Å²) in [6.45, 7) is 3.78. The van der Waals surface area contributed by atoms with Crippen LogP contribution in [0.25, 0.3) is 16.8 Å². The van der Waals surface area contributed by atoms with E-state index in [-0.39, 0.29) is 12.2 Å². The number of carbonyl (C=O) groups excluding carboxylic acids is 1. The van der Waals surface area contributed by atoms with Gasteiger partial charge in [0.25, 0.3) is 5.56 Å². The second-order valence-corrected chi connectivity index (χ2v) is 10.2. The maximum absolute atomic E-state index is 14.0. The molecule has 0 saturated carbocycles. The second-order valence-electron chi connectivity index (χ2n) is 9.19. The molecule has 0 saturated heterocycles. The molecule has 0 spiro atoms. The highest BCUT2D eigenvalue weighted by Gasteiger charge is 2.33. The third-order valence-corrected chi connectivity index (χ3v) is 7.65. The SMILES string of the molecule is CCOC(=O)C1=C(C)N=c2s/c(=C\c3c(OC)ccc4ccccc34)c(=O)n2[C@H]1c1ccc(N(C)C)cc1. The molecule has 0 aliphatic carbocycles. The Morgan fingerprint density at radius 3 is 2.53 bits per heavy atom.